The van der Waals surface area contributed by atoms with Crippen molar-refractivity contribution < 1.29 is 18.0 Å². The van der Waals surface area contributed by atoms with Gasteiger partial charge in [-0.2, -0.15) is 0 Å². The minimum absolute atomic E-state index is 0.0279. The van der Waals surface area contributed by atoms with Gasteiger partial charge in [-0.15, -0.1) is 0 Å². The van der Waals surface area contributed by atoms with Crippen molar-refractivity contribution >= 4 is 62.3 Å². The van der Waals surface area contributed by atoms with Crippen molar-refractivity contribution in [2.75, 3.05) is 23.7 Å². The van der Waals surface area contributed by atoms with E-state index < -0.39 is 28.5 Å². The van der Waals surface area contributed by atoms with Gasteiger partial charge in [0.2, 0.25) is 21.8 Å². The van der Waals surface area contributed by atoms with Gasteiger partial charge in [0.25, 0.3) is 0 Å². The monoisotopic (exact) mass is 533 g/mol. The van der Waals surface area contributed by atoms with Gasteiger partial charge in [0, 0.05) is 18.1 Å². The van der Waals surface area contributed by atoms with E-state index in [1.54, 1.807) is 51.1 Å². The maximum Gasteiger partial charge on any atom is 0.244 e. The average molecular weight is 535 g/mol. The molecule has 1 unspecified atom stereocenters. The van der Waals surface area contributed by atoms with Crippen molar-refractivity contribution in [3.05, 3.63) is 62.6 Å². The Labute approximate surface area is 209 Å². The Hall–Kier alpha value is -2.00. The number of nitrogens with one attached hydrogen (secondary N) is 1. The van der Waals surface area contributed by atoms with Gasteiger partial charge in [0.15, 0.2) is 0 Å². The minimum Gasteiger partial charge on any atom is -0.355 e. The number of carbonyl (C=O) groups is 2. The molecule has 0 spiro atoms. The molecule has 1 N–H and O–H groups in total. The fourth-order valence-electron chi connectivity index (χ4n) is 3.19. The molecule has 1 atom stereocenters. The Kier molecular flexibility index (Phi) is 9.43. The summed E-state index contributed by atoms with van der Waals surface area (Å²) in [5, 5.41) is 3.68. The zero-order valence-electron chi connectivity index (χ0n) is 18.7. The number of benzene rings is 2. The lowest BCUT2D eigenvalue weighted by Gasteiger charge is -2.32. The number of hydrogen-bond donors (Lipinski definition) is 1. The van der Waals surface area contributed by atoms with Gasteiger partial charge < -0.3 is 10.2 Å². The van der Waals surface area contributed by atoms with Gasteiger partial charge in [0.05, 0.1) is 22.0 Å². The summed E-state index contributed by atoms with van der Waals surface area (Å²) in [6.07, 6.45) is 1.01. The van der Waals surface area contributed by atoms with E-state index in [1.807, 2.05) is 0 Å². The highest BCUT2D eigenvalue weighted by Gasteiger charge is 2.30. The molecule has 2 rings (SSSR count). The zero-order valence-corrected chi connectivity index (χ0v) is 21.8. The number of anilines is 1. The van der Waals surface area contributed by atoms with Crippen LogP contribution in [0.4, 0.5) is 5.69 Å². The average Bonchev–Trinajstić information content (AvgIpc) is 2.73. The number of carbonyl (C=O) groups excluding carboxylic acids is 2. The van der Waals surface area contributed by atoms with Crippen LogP contribution >= 0.6 is 34.8 Å². The topological polar surface area (TPSA) is 86.8 Å². The molecule has 0 radical (unpaired) electrons. The van der Waals surface area contributed by atoms with Crippen LogP contribution in [0, 0.1) is 6.92 Å². The van der Waals surface area contributed by atoms with Crippen LogP contribution < -0.4 is 9.62 Å². The van der Waals surface area contributed by atoms with E-state index in [-0.39, 0.29) is 12.5 Å². The summed E-state index contributed by atoms with van der Waals surface area (Å²) < 4.78 is 26.2. The number of likely N-dealkylation sites (N-methyl/N-ethyl adjacent to an activating group) is 1. The Morgan fingerprint density at radius 3 is 2.30 bits per heavy atom. The molecule has 0 saturated carbocycles. The molecule has 0 aliphatic heterocycles. The number of aryl methyl sites for hydroxylation is 1. The molecule has 2 aromatic rings. The van der Waals surface area contributed by atoms with Crippen LogP contribution in [0.5, 0.6) is 0 Å². The summed E-state index contributed by atoms with van der Waals surface area (Å²) in [7, 11) is -3.84. The third kappa shape index (κ3) is 7.24. The number of sulfonamides is 1. The number of amides is 2. The van der Waals surface area contributed by atoms with Crippen molar-refractivity contribution in [2.24, 2.45) is 0 Å². The molecular formula is C22H26Cl3N3O4S. The highest BCUT2D eigenvalue weighted by Crippen LogP contribution is 2.27. The van der Waals surface area contributed by atoms with Crippen molar-refractivity contribution in [1.82, 2.24) is 10.2 Å². The zero-order chi connectivity index (χ0) is 24.9. The lowest BCUT2D eigenvalue weighted by molar-refractivity contribution is -0.139. The summed E-state index contributed by atoms with van der Waals surface area (Å²) in [5.74, 6) is -0.930. The summed E-state index contributed by atoms with van der Waals surface area (Å²) in [6.45, 7) is 4.97. The second-order valence-corrected chi connectivity index (χ2v) is 10.7. The quantitative estimate of drug-likeness (QED) is 0.520. The smallest absolute Gasteiger partial charge is 0.244 e. The van der Waals surface area contributed by atoms with Crippen molar-refractivity contribution in [3.63, 3.8) is 0 Å². The van der Waals surface area contributed by atoms with Crippen LogP contribution in [-0.4, -0.2) is 50.5 Å². The van der Waals surface area contributed by atoms with Gasteiger partial charge in [-0.05, 0) is 56.2 Å². The first-order chi connectivity index (χ1) is 15.3. The first-order valence-corrected chi connectivity index (χ1v) is 13.1. The normalized spacial score (nSPS) is 12.2. The summed E-state index contributed by atoms with van der Waals surface area (Å²) in [4.78, 5) is 27.3. The Bertz CT molecular complexity index is 1140. The van der Waals surface area contributed by atoms with E-state index in [0.29, 0.717) is 38.4 Å². The van der Waals surface area contributed by atoms with E-state index in [1.165, 1.54) is 11.0 Å². The molecule has 2 aromatic carbocycles. The fraction of sp³-hybridized carbons (Fsp3) is 0.364. The Morgan fingerprint density at radius 1 is 1.06 bits per heavy atom. The SMILES string of the molecule is CCNC(=O)C(C)N(Cc1ccc(Cl)c(Cl)c1)C(=O)CN(c1cc(Cl)ccc1C)S(C)(=O)=O. The highest BCUT2D eigenvalue weighted by molar-refractivity contribution is 7.92. The van der Waals surface area contributed by atoms with Gasteiger partial charge >= 0.3 is 0 Å². The van der Waals surface area contributed by atoms with Crippen molar-refractivity contribution in [2.45, 2.75) is 33.4 Å². The van der Waals surface area contributed by atoms with Gasteiger partial charge in [0.1, 0.15) is 12.6 Å². The molecule has 0 aliphatic carbocycles. The maximum absolute atomic E-state index is 13.4. The van der Waals surface area contributed by atoms with Crippen molar-refractivity contribution in [1.29, 1.82) is 0 Å². The number of halogens is 3. The van der Waals surface area contributed by atoms with E-state index >= 15 is 0 Å². The third-order valence-electron chi connectivity index (χ3n) is 4.97. The number of rotatable bonds is 9. The summed E-state index contributed by atoms with van der Waals surface area (Å²) in [6, 6.07) is 8.81. The molecule has 0 aromatic heterocycles. The predicted molar refractivity (Wildman–Crippen MR) is 134 cm³/mol. The van der Waals surface area contributed by atoms with E-state index in [4.69, 9.17) is 34.8 Å². The molecule has 0 aliphatic rings. The van der Waals surface area contributed by atoms with Crippen LogP contribution in [0.2, 0.25) is 15.1 Å². The van der Waals surface area contributed by atoms with E-state index in [9.17, 15) is 18.0 Å². The molecule has 0 saturated heterocycles. The van der Waals surface area contributed by atoms with Crippen molar-refractivity contribution in [3.8, 4) is 0 Å². The van der Waals surface area contributed by atoms with Crippen LogP contribution in [-0.2, 0) is 26.2 Å². The summed E-state index contributed by atoms with van der Waals surface area (Å²) >= 11 is 18.2. The second kappa shape index (κ2) is 11.4. The van der Waals surface area contributed by atoms with Gasteiger partial charge in [-0.3, -0.25) is 13.9 Å². The largest absolute Gasteiger partial charge is 0.355 e. The summed E-state index contributed by atoms with van der Waals surface area (Å²) in [5.41, 5.74) is 1.56. The highest BCUT2D eigenvalue weighted by atomic mass is 35.5. The standard InChI is InChI=1S/C22H26Cl3N3O4S/c1-5-26-22(30)15(3)27(12-16-7-9-18(24)19(25)10-16)21(29)13-28(33(4,31)32)20-11-17(23)8-6-14(20)2/h6-11,15H,5,12-13H2,1-4H3,(H,26,30). The maximum atomic E-state index is 13.4. The predicted octanol–water partition coefficient (Wildman–Crippen LogP) is 4.27. The molecule has 11 heteroatoms. The van der Waals surface area contributed by atoms with Crippen LogP contribution in [0.1, 0.15) is 25.0 Å². The van der Waals surface area contributed by atoms with E-state index in [0.717, 1.165) is 10.6 Å². The van der Waals surface area contributed by atoms with Crippen LogP contribution in [0.25, 0.3) is 0 Å². The minimum atomic E-state index is -3.84. The third-order valence-corrected chi connectivity index (χ3v) is 7.07. The Morgan fingerprint density at radius 2 is 1.73 bits per heavy atom. The van der Waals surface area contributed by atoms with Crippen LogP contribution in [0.15, 0.2) is 36.4 Å². The molecular weight excluding hydrogens is 509 g/mol. The molecule has 7 nitrogen and oxygen atoms in total. The van der Waals surface area contributed by atoms with Crippen LogP contribution in [0.3, 0.4) is 0 Å². The van der Waals surface area contributed by atoms with Gasteiger partial charge in [-0.25, -0.2) is 8.42 Å². The lowest BCUT2D eigenvalue weighted by atomic mass is 10.1. The molecule has 0 bridgehead atoms. The van der Waals surface area contributed by atoms with Gasteiger partial charge in [-0.1, -0.05) is 46.9 Å². The van der Waals surface area contributed by atoms with E-state index in [2.05, 4.69) is 5.32 Å². The molecule has 180 valence electrons. The number of hydrogen-bond acceptors (Lipinski definition) is 4. The first-order valence-electron chi connectivity index (χ1n) is 10.1. The molecule has 33 heavy (non-hydrogen) atoms. The first kappa shape index (κ1) is 27.2. The number of nitrogens with zero attached hydrogens (tertiary/aromatic N) is 2. The fourth-order valence-corrected chi connectivity index (χ4v) is 4.57. The Balaban J connectivity index is 2.45. The molecule has 2 amide bonds. The molecule has 0 heterocycles. The second-order valence-electron chi connectivity index (χ2n) is 7.54. The molecule has 0 fully saturated rings. The lowest BCUT2D eigenvalue weighted by Crippen LogP contribution is -2.51.